The Morgan fingerprint density at radius 1 is 1.24 bits per heavy atom. The van der Waals surface area contributed by atoms with Crippen LogP contribution in [0.15, 0.2) is 30.5 Å². The van der Waals surface area contributed by atoms with E-state index >= 15 is 0 Å². The fraction of sp³-hybridized carbons (Fsp3) is 0.278. The molecule has 25 heavy (non-hydrogen) atoms. The second-order valence-corrected chi connectivity index (χ2v) is 6.93. The second kappa shape index (κ2) is 6.65. The highest BCUT2D eigenvalue weighted by molar-refractivity contribution is 6.35. The van der Waals surface area contributed by atoms with E-state index in [-0.39, 0.29) is 11.9 Å². The van der Waals surface area contributed by atoms with E-state index in [0.717, 1.165) is 17.0 Å². The van der Waals surface area contributed by atoms with Crippen molar-refractivity contribution in [3.63, 3.8) is 0 Å². The topological polar surface area (TPSA) is 50.5 Å². The van der Waals surface area contributed by atoms with E-state index in [0.29, 0.717) is 21.3 Å². The molecular weight excluding hydrogens is 359 g/mol. The number of nitrogens with zero attached hydrogens (tertiary/aromatic N) is 4. The van der Waals surface area contributed by atoms with Crippen LogP contribution in [0.3, 0.4) is 0 Å². The third kappa shape index (κ3) is 3.22. The third-order valence-corrected chi connectivity index (χ3v) is 4.88. The lowest BCUT2D eigenvalue weighted by Gasteiger charge is -2.25. The molecule has 0 radical (unpaired) electrons. The van der Waals surface area contributed by atoms with Crippen molar-refractivity contribution >= 4 is 34.8 Å². The summed E-state index contributed by atoms with van der Waals surface area (Å²) < 4.78 is 1.67. The standard InChI is InChI=1S/C18H18Cl2N4O/c1-10-7-11(2)24-17(22-10)15(9-21-24)18(25)23(4)12(3)14-6-5-13(19)8-16(14)20/h5-9,12H,1-4H3. The highest BCUT2D eigenvalue weighted by Crippen LogP contribution is 2.30. The summed E-state index contributed by atoms with van der Waals surface area (Å²) in [5, 5.41) is 5.38. The molecule has 0 fully saturated rings. The molecular formula is C18H18Cl2N4O. The number of hydrogen-bond donors (Lipinski definition) is 0. The van der Waals surface area contributed by atoms with Gasteiger partial charge in [0, 0.05) is 28.5 Å². The Morgan fingerprint density at radius 3 is 2.64 bits per heavy atom. The van der Waals surface area contributed by atoms with Crippen LogP contribution >= 0.6 is 23.2 Å². The lowest BCUT2D eigenvalue weighted by atomic mass is 10.1. The maximum atomic E-state index is 13.0. The summed E-state index contributed by atoms with van der Waals surface area (Å²) in [5.74, 6) is -0.161. The number of carbonyl (C=O) groups excluding carboxylic acids is 1. The molecule has 1 aromatic carbocycles. The van der Waals surface area contributed by atoms with Gasteiger partial charge < -0.3 is 4.90 Å². The molecule has 2 heterocycles. The van der Waals surface area contributed by atoms with Crippen LogP contribution in [0.2, 0.25) is 10.0 Å². The van der Waals surface area contributed by atoms with E-state index in [2.05, 4.69) is 10.1 Å². The normalized spacial score (nSPS) is 12.4. The smallest absolute Gasteiger partial charge is 0.259 e. The van der Waals surface area contributed by atoms with Gasteiger partial charge in [-0.05, 0) is 44.5 Å². The first-order chi connectivity index (χ1) is 11.8. The molecule has 1 amide bonds. The molecule has 1 atom stereocenters. The van der Waals surface area contributed by atoms with Crippen molar-refractivity contribution in [2.24, 2.45) is 0 Å². The van der Waals surface area contributed by atoms with Crippen LogP contribution in [-0.4, -0.2) is 32.5 Å². The summed E-state index contributed by atoms with van der Waals surface area (Å²) in [5.41, 5.74) is 3.63. The zero-order valence-corrected chi connectivity index (χ0v) is 15.9. The molecule has 0 N–H and O–H groups in total. The number of amides is 1. The molecule has 5 nitrogen and oxygen atoms in total. The zero-order chi connectivity index (χ0) is 18.3. The number of benzene rings is 1. The molecule has 0 saturated heterocycles. The molecule has 0 saturated carbocycles. The Kier molecular flexibility index (Phi) is 4.71. The van der Waals surface area contributed by atoms with Crippen molar-refractivity contribution in [2.75, 3.05) is 7.05 Å². The van der Waals surface area contributed by atoms with Gasteiger partial charge in [0.15, 0.2) is 5.65 Å². The third-order valence-electron chi connectivity index (χ3n) is 4.32. The van der Waals surface area contributed by atoms with Gasteiger partial charge in [0.2, 0.25) is 0 Å². The quantitative estimate of drug-likeness (QED) is 0.676. The maximum absolute atomic E-state index is 13.0. The number of carbonyl (C=O) groups is 1. The highest BCUT2D eigenvalue weighted by Gasteiger charge is 2.24. The number of hydrogen-bond acceptors (Lipinski definition) is 3. The Hall–Kier alpha value is -2.11. The van der Waals surface area contributed by atoms with Crippen LogP contribution in [-0.2, 0) is 0 Å². The maximum Gasteiger partial charge on any atom is 0.259 e. The van der Waals surface area contributed by atoms with Gasteiger partial charge in [-0.3, -0.25) is 4.79 Å². The minimum atomic E-state index is -0.224. The van der Waals surface area contributed by atoms with Gasteiger partial charge in [-0.25, -0.2) is 9.50 Å². The SMILES string of the molecule is Cc1cc(C)n2ncc(C(=O)N(C)C(C)c3ccc(Cl)cc3Cl)c2n1. The Balaban J connectivity index is 1.97. The molecule has 1 unspecified atom stereocenters. The predicted molar refractivity (Wildman–Crippen MR) is 99.4 cm³/mol. The molecule has 0 bridgehead atoms. The fourth-order valence-corrected chi connectivity index (χ4v) is 3.40. The predicted octanol–water partition coefficient (Wildman–Crippen LogP) is 4.49. The molecule has 3 aromatic rings. The lowest BCUT2D eigenvalue weighted by Crippen LogP contribution is -2.30. The summed E-state index contributed by atoms with van der Waals surface area (Å²) in [6.45, 7) is 5.75. The van der Waals surface area contributed by atoms with Gasteiger partial charge in [0.05, 0.1) is 12.2 Å². The fourth-order valence-electron chi connectivity index (χ4n) is 2.84. The van der Waals surface area contributed by atoms with Crippen molar-refractivity contribution in [3.05, 3.63) is 63.0 Å². The summed E-state index contributed by atoms with van der Waals surface area (Å²) >= 11 is 12.2. The van der Waals surface area contributed by atoms with Gasteiger partial charge in [0.1, 0.15) is 5.56 Å². The van der Waals surface area contributed by atoms with Crippen molar-refractivity contribution in [1.29, 1.82) is 0 Å². The molecule has 0 spiro atoms. The van der Waals surface area contributed by atoms with E-state index in [1.807, 2.05) is 32.9 Å². The zero-order valence-electron chi connectivity index (χ0n) is 14.4. The Morgan fingerprint density at radius 2 is 1.96 bits per heavy atom. The minimum absolute atomic E-state index is 0.161. The van der Waals surface area contributed by atoms with E-state index in [1.54, 1.807) is 34.8 Å². The Bertz CT molecular complexity index is 967. The highest BCUT2D eigenvalue weighted by atomic mass is 35.5. The van der Waals surface area contributed by atoms with Gasteiger partial charge in [-0.2, -0.15) is 5.10 Å². The number of halogens is 2. The van der Waals surface area contributed by atoms with Gasteiger partial charge >= 0.3 is 0 Å². The average molecular weight is 377 g/mol. The minimum Gasteiger partial charge on any atom is -0.335 e. The molecule has 0 aliphatic carbocycles. The summed E-state index contributed by atoms with van der Waals surface area (Å²) in [6.07, 6.45) is 1.56. The summed E-state index contributed by atoms with van der Waals surface area (Å²) in [7, 11) is 1.74. The van der Waals surface area contributed by atoms with E-state index in [4.69, 9.17) is 23.2 Å². The first kappa shape index (κ1) is 17.7. The molecule has 0 aliphatic heterocycles. The van der Waals surface area contributed by atoms with Crippen LogP contribution in [0.4, 0.5) is 0 Å². The van der Waals surface area contributed by atoms with E-state index < -0.39 is 0 Å². The summed E-state index contributed by atoms with van der Waals surface area (Å²) in [6, 6.07) is 6.98. The molecule has 3 rings (SSSR count). The van der Waals surface area contributed by atoms with Crippen molar-refractivity contribution in [3.8, 4) is 0 Å². The van der Waals surface area contributed by atoms with Crippen LogP contribution in [0.25, 0.3) is 5.65 Å². The molecule has 7 heteroatoms. The lowest BCUT2D eigenvalue weighted by molar-refractivity contribution is 0.0744. The first-order valence-corrected chi connectivity index (χ1v) is 8.59. The summed E-state index contributed by atoms with van der Waals surface area (Å²) in [4.78, 5) is 19.1. The number of fused-ring (bicyclic) bond motifs is 1. The molecule has 2 aromatic heterocycles. The van der Waals surface area contributed by atoms with Gasteiger partial charge in [-0.1, -0.05) is 29.3 Å². The molecule has 0 aliphatic rings. The van der Waals surface area contributed by atoms with Crippen molar-refractivity contribution in [2.45, 2.75) is 26.8 Å². The van der Waals surface area contributed by atoms with Crippen LogP contribution in [0.5, 0.6) is 0 Å². The number of aryl methyl sites for hydroxylation is 2. The average Bonchev–Trinajstić information content (AvgIpc) is 2.97. The van der Waals surface area contributed by atoms with Gasteiger partial charge in [-0.15, -0.1) is 0 Å². The van der Waals surface area contributed by atoms with Crippen molar-refractivity contribution < 1.29 is 4.79 Å². The van der Waals surface area contributed by atoms with E-state index in [1.165, 1.54) is 0 Å². The van der Waals surface area contributed by atoms with E-state index in [9.17, 15) is 4.79 Å². The number of rotatable bonds is 3. The van der Waals surface area contributed by atoms with Crippen LogP contribution in [0, 0.1) is 13.8 Å². The van der Waals surface area contributed by atoms with Crippen LogP contribution < -0.4 is 0 Å². The van der Waals surface area contributed by atoms with Crippen molar-refractivity contribution in [1.82, 2.24) is 19.5 Å². The van der Waals surface area contributed by atoms with Crippen LogP contribution in [0.1, 0.15) is 40.3 Å². The van der Waals surface area contributed by atoms with Gasteiger partial charge in [0.25, 0.3) is 5.91 Å². The largest absolute Gasteiger partial charge is 0.335 e. The molecule has 130 valence electrons. The first-order valence-electron chi connectivity index (χ1n) is 7.83. The Labute approximate surface area is 156 Å². The second-order valence-electron chi connectivity index (χ2n) is 6.09. The number of aromatic nitrogens is 3. The monoisotopic (exact) mass is 376 g/mol.